The highest BCUT2D eigenvalue weighted by Gasteiger charge is 2.12. The summed E-state index contributed by atoms with van der Waals surface area (Å²) >= 11 is 4.65. The van der Waals surface area contributed by atoms with Crippen molar-refractivity contribution in [2.75, 3.05) is 25.3 Å². The molecule has 0 aliphatic heterocycles. The zero-order chi connectivity index (χ0) is 19.2. The van der Waals surface area contributed by atoms with Gasteiger partial charge >= 0.3 is 0 Å². The smallest absolute Gasteiger partial charge is 0.256 e. The molecule has 3 rings (SSSR count). The van der Waals surface area contributed by atoms with Gasteiger partial charge in [0.05, 0.1) is 31.9 Å². The summed E-state index contributed by atoms with van der Waals surface area (Å²) in [6.07, 6.45) is 1.65. The van der Waals surface area contributed by atoms with Gasteiger partial charge in [0.25, 0.3) is 5.22 Å². The van der Waals surface area contributed by atoms with Crippen LogP contribution in [-0.4, -0.2) is 30.9 Å². The van der Waals surface area contributed by atoms with E-state index in [0.717, 1.165) is 10.0 Å². The minimum Gasteiger partial charge on any atom is -0.497 e. The largest absolute Gasteiger partial charge is 0.497 e. The molecule has 0 aliphatic carbocycles. The Labute approximate surface area is 169 Å². The van der Waals surface area contributed by atoms with Crippen LogP contribution in [0.5, 0.6) is 11.5 Å². The van der Waals surface area contributed by atoms with Crippen LogP contribution in [0.2, 0.25) is 0 Å². The summed E-state index contributed by atoms with van der Waals surface area (Å²) in [6.45, 7) is 0. The Balaban J connectivity index is 1.60. The van der Waals surface area contributed by atoms with Gasteiger partial charge in [0, 0.05) is 16.1 Å². The molecule has 1 N–H and O–H groups in total. The molecule has 1 amide bonds. The number of oxazole rings is 1. The molecule has 0 unspecified atom stereocenters. The molecule has 6 nitrogen and oxygen atoms in total. The number of aromatic nitrogens is 1. The van der Waals surface area contributed by atoms with Crippen molar-refractivity contribution in [2.45, 2.75) is 5.22 Å². The third-order valence-electron chi connectivity index (χ3n) is 3.60. The first-order valence-corrected chi connectivity index (χ1v) is 9.73. The Kier molecular flexibility index (Phi) is 6.41. The Bertz CT molecular complexity index is 945. The molecule has 0 radical (unpaired) electrons. The highest BCUT2D eigenvalue weighted by Crippen LogP contribution is 2.30. The first kappa shape index (κ1) is 19.3. The number of carbonyl (C=O) groups excluding carboxylic acids is 1. The second kappa shape index (κ2) is 8.96. The van der Waals surface area contributed by atoms with Crippen molar-refractivity contribution >= 4 is 39.3 Å². The van der Waals surface area contributed by atoms with E-state index in [1.807, 2.05) is 24.3 Å². The van der Waals surface area contributed by atoms with Crippen LogP contribution in [0, 0.1) is 0 Å². The van der Waals surface area contributed by atoms with Crippen molar-refractivity contribution in [3.8, 4) is 22.8 Å². The number of methoxy groups -OCH3 is 2. The molecule has 2 aromatic carbocycles. The lowest BCUT2D eigenvalue weighted by Gasteiger charge is -2.11. The van der Waals surface area contributed by atoms with E-state index >= 15 is 0 Å². The highest BCUT2D eigenvalue weighted by atomic mass is 79.9. The fourth-order valence-corrected chi connectivity index (χ4v) is 3.32. The van der Waals surface area contributed by atoms with Crippen LogP contribution in [0.15, 0.2) is 62.8 Å². The molecule has 140 valence electrons. The average molecular weight is 449 g/mol. The second-order valence-corrected chi connectivity index (χ2v) is 7.25. The number of ether oxygens (including phenoxy) is 2. The van der Waals surface area contributed by atoms with Gasteiger partial charge in [-0.2, -0.15) is 0 Å². The number of anilines is 1. The summed E-state index contributed by atoms with van der Waals surface area (Å²) in [5, 5.41) is 3.25. The molecule has 0 fully saturated rings. The van der Waals surface area contributed by atoms with Crippen LogP contribution < -0.4 is 14.8 Å². The predicted molar refractivity (Wildman–Crippen MR) is 109 cm³/mol. The van der Waals surface area contributed by atoms with Crippen LogP contribution >= 0.6 is 27.7 Å². The highest BCUT2D eigenvalue weighted by molar-refractivity contribution is 9.10. The van der Waals surface area contributed by atoms with Gasteiger partial charge < -0.3 is 19.2 Å². The summed E-state index contributed by atoms with van der Waals surface area (Å²) in [5.74, 6) is 1.80. The molecule has 0 atom stereocenters. The average Bonchev–Trinajstić information content (AvgIpc) is 3.16. The van der Waals surface area contributed by atoms with Crippen molar-refractivity contribution in [2.24, 2.45) is 0 Å². The minimum atomic E-state index is -0.189. The zero-order valence-corrected chi connectivity index (χ0v) is 17.1. The number of thioether (sulfide) groups is 1. The Hall–Kier alpha value is -2.45. The molecule has 1 heterocycles. The fourth-order valence-electron chi connectivity index (χ4n) is 2.32. The molecular weight excluding hydrogens is 432 g/mol. The molecule has 0 spiro atoms. The number of rotatable bonds is 7. The molecule has 0 saturated carbocycles. The van der Waals surface area contributed by atoms with E-state index in [2.05, 4.69) is 26.2 Å². The van der Waals surface area contributed by atoms with E-state index in [4.69, 9.17) is 13.9 Å². The minimum absolute atomic E-state index is 0.160. The summed E-state index contributed by atoms with van der Waals surface area (Å²) in [7, 11) is 3.11. The first-order chi connectivity index (χ1) is 13.1. The van der Waals surface area contributed by atoms with Gasteiger partial charge in [-0.05, 0) is 24.3 Å². The van der Waals surface area contributed by atoms with Gasteiger partial charge in [-0.3, -0.25) is 4.79 Å². The zero-order valence-electron chi connectivity index (χ0n) is 14.7. The number of halogens is 1. The molecular formula is C19H17BrN2O4S. The Morgan fingerprint density at radius 2 is 2.07 bits per heavy atom. The lowest BCUT2D eigenvalue weighted by molar-refractivity contribution is -0.113. The summed E-state index contributed by atoms with van der Waals surface area (Å²) in [5.41, 5.74) is 1.49. The van der Waals surface area contributed by atoms with E-state index in [-0.39, 0.29) is 11.7 Å². The van der Waals surface area contributed by atoms with E-state index in [9.17, 15) is 4.79 Å². The quantitative estimate of drug-likeness (QED) is 0.520. The van der Waals surface area contributed by atoms with Gasteiger partial charge in [-0.1, -0.05) is 39.8 Å². The third-order valence-corrected chi connectivity index (χ3v) is 4.94. The van der Waals surface area contributed by atoms with Crippen molar-refractivity contribution in [3.63, 3.8) is 0 Å². The summed E-state index contributed by atoms with van der Waals surface area (Å²) < 4.78 is 17.1. The van der Waals surface area contributed by atoms with Crippen molar-refractivity contribution in [1.82, 2.24) is 4.98 Å². The van der Waals surface area contributed by atoms with Crippen LogP contribution in [0.3, 0.4) is 0 Å². The van der Waals surface area contributed by atoms with E-state index in [0.29, 0.717) is 28.2 Å². The fraction of sp³-hybridized carbons (Fsp3) is 0.158. The number of nitrogens with zero attached hydrogens (tertiary/aromatic N) is 1. The van der Waals surface area contributed by atoms with Crippen molar-refractivity contribution in [3.05, 3.63) is 53.1 Å². The third kappa shape index (κ3) is 5.05. The Morgan fingerprint density at radius 3 is 2.81 bits per heavy atom. The molecule has 27 heavy (non-hydrogen) atoms. The first-order valence-electron chi connectivity index (χ1n) is 7.95. The molecule has 0 aliphatic rings. The van der Waals surface area contributed by atoms with Crippen LogP contribution in [0.1, 0.15) is 0 Å². The topological polar surface area (TPSA) is 73.6 Å². The Morgan fingerprint density at radius 1 is 1.22 bits per heavy atom. The maximum atomic E-state index is 12.2. The normalized spacial score (nSPS) is 10.5. The maximum absolute atomic E-state index is 12.2. The van der Waals surface area contributed by atoms with Crippen LogP contribution in [0.4, 0.5) is 5.69 Å². The van der Waals surface area contributed by atoms with Crippen molar-refractivity contribution < 1.29 is 18.7 Å². The lowest BCUT2D eigenvalue weighted by atomic mass is 10.2. The summed E-state index contributed by atoms with van der Waals surface area (Å²) in [6, 6.07) is 12.9. The van der Waals surface area contributed by atoms with Crippen LogP contribution in [0.25, 0.3) is 11.3 Å². The van der Waals surface area contributed by atoms with Gasteiger partial charge in [0.15, 0.2) is 5.76 Å². The molecule has 0 saturated heterocycles. The standard InChI is InChI=1S/C19H17BrN2O4S/c1-24-14-6-7-15(16(9-14)25-2)22-18(23)11-27-19-21-10-17(26-19)12-4-3-5-13(20)8-12/h3-10H,11H2,1-2H3,(H,22,23). The SMILES string of the molecule is COc1ccc(NC(=O)CSc2ncc(-c3cccc(Br)c3)o2)c(OC)c1. The van der Waals surface area contributed by atoms with Gasteiger partial charge in [0.2, 0.25) is 5.91 Å². The number of amides is 1. The maximum Gasteiger partial charge on any atom is 0.256 e. The molecule has 3 aromatic rings. The number of nitrogens with one attached hydrogen (secondary N) is 1. The monoisotopic (exact) mass is 448 g/mol. The number of hydrogen-bond acceptors (Lipinski definition) is 6. The van der Waals surface area contributed by atoms with E-state index in [1.165, 1.54) is 18.9 Å². The summed E-state index contributed by atoms with van der Waals surface area (Å²) in [4.78, 5) is 16.5. The van der Waals surface area contributed by atoms with Crippen LogP contribution in [-0.2, 0) is 4.79 Å². The van der Waals surface area contributed by atoms with Gasteiger partial charge in [0.1, 0.15) is 11.5 Å². The number of benzene rings is 2. The molecule has 1 aromatic heterocycles. The van der Waals surface area contributed by atoms with E-state index in [1.54, 1.807) is 31.5 Å². The van der Waals surface area contributed by atoms with Gasteiger partial charge in [-0.15, -0.1) is 0 Å². The number of carbonyl (C=O) groups is 1. The van der Waals surface area contributed by atoms with Crippen molar-refractivity contribution in [1.29, 1.82) is 0 Å². The molecule has 8 heteroatoms. The lowest BCUT2D eigenvalue weighted by Crippen LogP contribution is -2.14. The van der Waals surface area contributed by atoms with Gasteiger partial charge in [-0.25, -0.2) is 4.98 Å². The molecule has 0 bridgehead atoms. The predicted octanol–water partition coefficient (Wildman–Crippen LogP) is 4.85. The van der Waals surface area contributed by atoms with E-state index < -0.39 is 0 Å². The second-order valence-electron chi connectivity index (χ2n) is 5.40. The number of hydrogen-bond donors (Lipinski definition) is 1.